The lowest BCUT2D eigenvalue weighted by Crippen LogP contribution is -2.52. The Hall–Kier alpha value is -3.16. The van der Waals surface area contributed by atoms with E-state index < -0.39 is 34.0 Å². The minimum Gasteiger partial charge on any atom is -0.490 e. The largest absolute Gasteiger partial charge is 0.490 e. The Morgan fingerprint density at radius 1 is 1.18 bits per heavy atom. The number of methoxy groups -OCH3 is 1. The molecule has 2 heterocycles. The summed E-state index contributed by atoms with van der Waals surface area (Å²) in [5, 5.41) is 12.9. The fraction of sp³-hybridized carbons (Fsp3) is 0.556. The van der Waals surface area contributed by atoms with E-state index in [2.05, 4.69) is 17.0 Å². The van der Waals surface area contributed by atoms with Crippen LogP contribution in [0.4, 0.5) is 5.69 Å². The van der Waals surface area contributed by atoms with Gasteiger partial charge in [0.15, 0.2) is 5.60 Å². The Morgan fingerprint density at radius 2 is 1.98 bits per heavy atom. The highest BCUT2D eigenvalue weighted by Crippen LogP contribution is 2.47. The van der Waals surface area contributed by atoms with Crippen LogP contribution in [0, 0.1) is 11.8 Å². The molecule has 2 aliphatic heterocycles. The molecule has 2 amide bonds. The maximum atomic E-state index is 13.8. The van der Waals surface area contributed by atoms with Crippen LogP contribution >= 0.6 is 11.6 Å². The maximum Gasteiger partial charge on any atom is 0.303 e. The monoisotopic (exact) mass is 714 g/mol. The van der Waals surface area contributed by atoms with Gasteiger partial charge in [0.05, 0.1) is 24.8 Å². The molecule has 49 heavy (non-hydrogen) atoms. The van der Waals surface area contributed by atoms with E-state index in [-0.39, 0.29) is 23.0 Å². The van der Waals surface area contributed by atoms with Crippen LogP contribution in [0.3, 0.4) is 0 Å². The van der Waals surface area contributed by atoms with E-state index in [9.17, 15) is 23.1 Å². The highest BCUT2D eigenvalue weighted by Gasteiger charge is 2.47. The zero-order valence-corrected chi connectivity index (χ0v) is 30.2. The fourth-order valence-corrected chi connectivity index (χ4v) is 8.67. The van der Waals surface area contributed by atoms with Crippen LogP contribution in [0.25, 0.3) is 0 Å². The number of anilines is 1. The summed E-state index contributed by atoms with van der Waals surface area (Å²) in [6.45, 7) is 2.07. The van der Waals surface area contributed by atoms with Crippen LogP contribution < -0.4 is 14.4 Å². The van der Waals surface area contributed by atoms with Crippen molar-refractivity contribution in [3.05, 3.63) is 70.3 Å². The molecule has 1 spiro atoms. The molecule has 2 bridgehead atoms. The van der Waals surface area contributed by atoms with E-state index in [1.807, 2.05) is 22.9 Å². The van der Waals surface area contributed by atoms with E-state index in [1.54, 1.807) is 32.4 Å². The number of hydrogen-bond acceptors (Lipinski definition) is 8. The van der Waals surface area contributed by atoms with Crippen LogP contribution in [0.5, 0.6) is 5.75 Å². The van der Waals surface area contributed by atoms with Gasteiger partial charge in [0.25, 0.3) is 5.91 Å². The Kier molecular flexibility index (Phi) is 10.1. The first-order valence-electron chi connectivity index (χ1n) is 17.0. The van der Waals surface area contributed by atoms with Gasteiger partial charge in [0.2, 0.25) is 5.91 Å². The van der Waals surface area contributed by atoms with Gasteiger partial charge in [-0.2, -0.15) is 12.7 Å². The predicted octanol–water partition coefficient (Wildman–Crippen LogP) is 3.77. The molecule has 11 nitrogen and oxygen atoms in total. The van der Waals surface area contributed by atoms with Gasteiger partial charge in [-0.25, -0.2) is 4.72 Å². The molecule has 13 heteroatoms. The van der Waals surface area contributed by atoms with Crippen molar-refractivity contribution in [3.8, 4) is 5.75 Å². The summed E-state index contributed by atoms with van der Waals surface area (Å²) >= 11 is 6.44. The Balaban J connectivity index is 1.48. The molecule has 1 fully saturated rings. The van der Waals surface area contributed by atoms with E-state index in [1.165, 1.54) is 30.1 Å². The third kappa shape index (κ3) is 6.95. The van der Waals surface area contributed by atoms with Gasteiger partial charge in [-0.1, -0.05) is 35.9 Å². The first-order valence-corrected chi connectivity index (χ1v) is 18.8. The number of carbonyl (C=O) groups is 2. The molecule has 2 aromatic carbocycles. The number of rotatable bonds is 4. The summed E-state index contributed by atoms with van der Waals surface area (Å²) in [4.78, 5) is 31.1. The van der Waals surface area contributed by atoms with Gasteiger partial charge in [-0.05, 0) is 91.3 Å². The van der Waals surface area contributed by atoms with E-state index in [4.69, 9.17) is 21.1 Å². The molecule has 5 atom stereocenters. The van der Waals surface area contributed by atoms with Crippen molar-refractivity contribution >= 4 is 39.3 Å². The molecule has 4 aliphatic rings. The van der Waals surface area contributed by atoms with Crippen molar-refractivity contribution in [3.63, 3.8) is 0 Å². The molecule has 0 saturated heterocycles. The van der Waals surface area contributed by atoms with Crippen LogP contribution in [0.15, 0.2) is 48.6 Å². The van der Waals surface area contributed by atoms with Crippen LogP contribution in [-0.4, -0.2) is 95.1 Å². The van der Waals surface area contributed by atoms with Gasteiger partial charge in [-0.3, -0.25) is 9.59 Å². The molecule has 266 valence electrons. The van der Waals surface area contributed by atoms with Crippen molar-refractivity contribution < 1.29 is 32.6 Å². The molecule has 0 aromatic heterocycles. The molecule has 0 unspecified atom stereocenters. The number of aliphatic hydroxyl groups is 1. The van der Waals surface area contributed by atoms with Gasteiger partial charge in [0.1, 0.15) is 5.75 Å². The summed E-state index contributed by atoms with van der Waals surface area (Å²) < 4.78 is 41.0. The number of fused-ring (bicyclic) bond motifs is 4. The first-order chi connectivity index (χ1) is 23.3. The number of nitrogens with one attached hydrogen (secondary N) is 1. The maximum absolute atomic E-state index is 13.8. The smallest absolute Gasteiger partial charge is 0.303 e. The third-order valence-electron chi connectivity index (χ3n) is 11.0. The number of benzene rings is 2. The van der Waals surface area contributed by atoms with E-state index in [0.717, 1.165) is 36.4 Å². The SMILES string of the molecule is CO[C@H]1/C=C\CCN(C)C(=O)C[C@](O)(C(=O)NS(=O)(=O)N(C)C)c2ccc3c(c2)N(C[C@@H]2CC[C@H]21)C[C@@]1(CCCc2cc(Cl)ccc21)CO3. The van der Waals surface area contributed by atoms with Crippen molar-refractivity contribution in [1.29, 1.82) is 0 Å². The number of aryl methyl sites for hydroxylation is 1. The quantitative estimate of drug-likeness (QED) is 0.459. The number of hydrogen-bond donors (Lipinski definition) is 2. The van der Waals surface area contributed by atoms with Crippen molar-refractivity contribution in [2.24, 2.45) is 11.8 Å². The van der Waals surface area contributed by atoms with Gasteiger partial charge in [0, 0.05) is 58.3 Å². The Bertz CT molecular complexity index is 1740. The number of halogens is 1. The second-order valence-corrected chi connectivity index (χ2v) is 16.6. The molecule has 2 aromatic rings. The summed E-state index contributed by atoms with van der Waals surface area (Å²) in [5.41, 5.74) is 0.367. The Morgan fingerprint density at radius 3 is 2.69 bits per heavy atom. The summed E-state index contributed by atoms with van der Waals surface area (Å²) in [7, 11) is 1.61. The average molecular weight is 715 g/mol. The summed E-state index contributed by atoms with van der Waals surface area (Å²) in [6, 6.07) is 11.1. The normalized spacial score (nSPS) is 29.7. The van der Waals surface area contributed by atoms with E-state index >= 15 is 0 Å². The molecule has 6 rings (SSSR count). The van der Waals surface area contributed by atoms with Crippen molar-refractivity contribution in [1.82, 2.24) is 13.9 Å². The van der Waals surface area contributed by atoms with E-state index in [0.29, 0.717) is 55.0 Å². The van der Waals surface area contributed by atoms with Crippen LogP contribution in [0.2, 0.25) is 5.02 Å². The fourth-order valence-electron chi connectivity index (χ4n) is 7.89. The van der Waals surface area contributed by atoms with Gasteiger partial charge >= 0.3 is 10.2 Å². The lowest BCUT2D eigenvalue weighted by Gasteiger charge is -2.46. The molecule has 1 saturated carbocycles. The number of carbonyl (C=O) groups excluding carboxylic acids is 2. The molecule has 0 radical (unpaired) electrons. The lowest BCUT2D eigenvalue weighted by atomic mass is 9.68. The van der Waals surface area contributed by atoms with Crippen molar-refractivity contribution in [2.75, 3.05) is 59.4 Å². The zero-order valence-electron chi connectivity index (χ0n) is 28.7. The average Bonchev–Trinajstić information content (AvgIpc) is 3.20. The molecule has 2 N–H and O–H groups in total. The predicted molar refractivity (Wildman–Crippen MR) is 188 cm³/mol. The number of ether oxygens (including phenoxy) is 2. The number of nitrogens with zero attached hydrogens (tertiary/aromatic N) is 3. The van der Waals surface area contributed by atoms with Crippen LogP contribution in [-0.2, 0) is 42.0 Å². The van der Waals surface area contributed by atoms with Crippen molar-refractivity contribution in [2.45, 2.75) is 62.1 Å². The second kappa shape index (κ2) is 13.9. The Labute approximate surface area is 294 Å². The lowest BCUT2D eigenvalue weighted by molar-refractivity contribution is -0.148. The van der Waals surface area contributed by atoms with Gasteiger partial charge < -0.3 is 24.4 Å². The summed E-state index contributed by atoms with van der Waals surface area (Å²) in [5.74, 6) is -0.534. The minimum atomic E-state index is -4.28. The highest BCUT2D eigenvalue weighted by molar-refractivity contribution is 7.87. The first kappa shape index (κ1) is 35.7. The van der Waals surface area contributed by atoms with Crippen LogP contribution in [0.1, 0.15) is 55.2 Å². The standard InChI is InChI=1S/C36H47ClN4O7S/c1-39(2)49(45,46)38-34(43)36(44)20-33(42)40(3)17-6-5-9-31(47-4)28-13-10-25(28)21-41-22-35(23-48-32-15-11-26(36)19-30(32)41)16-7-8-24-18-27(37)12-14-29(24)35/h5,9,11-12,14-15,18-19,25,28,31,44H,6-8,10,13,16-17,20-23H2,1-4H3,(H,38,43)/b9-5-/t25-,28+,31-,35-,36+/m0/s1. The second-order valence-electron chi connectivity index (χ2n) is 14.3. The topological polar surface area (TPSA) is 129 Å². The number of amides is 2. The molecular weight excluding hydrogens is 668 g/mol. The minimum absolute atomic E-state index is 0.0689. The zero-order chi connectivity index (χ0) is 35.1. The third-order valence-corrected chi connectivity index (χ3v) is 12.6. The molecular formula is C36H47ClN4O7S. The van der Waals surface area contributed by atoms with Gasteiger partial charge in [-0.15, -0.1) is 0 Å². The molecule has 2 aliphatic carbocycles. The summed E-state index contributed by atoms with van der Waals surface area (Å²) in [6.07, 6.45) is 8.78. The highest BCUT2D eigenvalue weighted by atomic mass is 35.5.